The Kier molecular flexibility index (Phi) is 6.34. The normalized spacial score (nSPS) is 16.9. The number of amides is 1. The van der Waals surface area contributed by atoms with E-state index in [1.165, 1.54) is 0 Å². The first-order valence-corrected chi connectivity index (χ1v) is 10.3. The van der Waals surface area contributed by atoms with Crippen LogP contribution >= 0.6 is 0 Å². The van der Waals surface area contributed by atoms with Crippen LogP contribution in [0.2, 0.25) is 0 Å². The quantitative estimate of drug-likeness (QED) is 0.554. The molecule has 1 aliphatic rings. The first kappa shape index (κ1) is 20.3. The van der Waals surface area contributed by atoms with Gasteiger partial charge in [-0.15, -0.1) is 0 Å². The summed E-state index contributed by atoms with van der Waals surface area (Å²) in [6, 6.07) is 29.2. The zero-order chi connectivity index (χ0) is 21.5. The molecule has 31 heavy (non-hydrogen) atoms. The first-order chi connectivity index (χ1) is 15.2. The number of piperidine rings is 1. The SMILES string of the molecule is O=C1/C(=C\c2ccccc2)CN(C(=O)/C=C/c2ccccc2)C/C1=C\c1ccccc1. The molecule has 1 heterocycles. The van der Waals surface area contributed by atoms with Crippen LogP contribution in [0.25, 0.3) is 18.2 Å². The number of carbonyl (C=O) groups is 2. The number of benzene rings is 3. The Morgan fingerprint density at radius 2 is 1.06 bits per heavy atom. The third kappa shape index (κ3) is 5.34. The fourth-order valence-electron chi connectivity index (χ4n) is 3.53. The van der Waals surface area contributed by atoms with Gasteiger partial charge in [-0.3, -0.25) is 9.59 Å². The van der Waals surface area contributed by atoms with Gasteiger partial charge in [-0.2, -0.15) is 0 Å². The van der Waals surface area contributed by atoms with Gasteiger partial charge in [0.1, 0.15) is 0 Å². The fourth-order valence-corrected chi connectivity index (χ4v) is 3.53. The summed E-state index contributed by atoms with van der Waals surface area (Å²) in [4.78, 5) is 27.8. The van der Waals surface area contributed by atoms with Gasteiger partial charge < -0.3 is 4.90 Å². The lowest BCUT2D eigenvalue weighted by Gasteiger charge is -2.29. The second-order valence-corrected chi connectivity index (χ2v) is 7.43. The maximum absolute atomic E-state index is 13.2. The van der Waals surface area contributed by atoms with Crippen molar-refractivity contribution < 1.29 is 9.59 Å². The molecule has 1 aliphatic heterocycles. The maximum Gasteiger partial charge on any atom is 0.247 e. The summed E-state index contributed by atoms with van der Waals surface area (Å²) >= 11 is 0. The molecule has 3 aromatic carbocycles. The number of hydrogen-bond acceptors (Lipinski definition) is 2. The van der Waals surface area contributed by atoms with Crippen LogP contribution in [0.1, 0.15) is 16.7 Å². The second kappa shape index (κ2) is 9.68. The highest BCUT2D eigenvalue weighted by Gasteiger charge is 2.28. The van der Waals surface area contributed by atoms with Crippen LogP contribution in [0, 0.1) is 0 Å². The van der Waals surface area contributed by atoms with E-state index in [4.69, 9.17) is 0 Å². The highest BCUT2D eigenvalue weighted by atomic mass is 16.2. The van der Waals surface area contributed by atoms with Gasteiger partial charge in [0.2, 0.25) is 5.91 Å². The average Bonchev–Trinajstić information content (AvgIpc) is 2.82. The van der Waals surface area contributed by atoms with Gasteiger partial charge in [0.05, 0.1) is 13.1 Å². The fraction of sp³-hybridized carbons (Fsp3) is 0.0714. The van der Waals surface area contributed by atoms with E-state index >= 15 is 0 Å². The van der Waals surface area contributed by atoms with Gasteiger partial charge in [-0.05, 0) is 34.9 Å². The number of hydrogen-bond donors (Lipinski definition) is 0. The van der Waals surface area contributed by atoms with Gasteiger partial charge in [0, 0.05) is 17.2 Å². The largest absolute Gasteiger partial charge is 0.330 e. The molecule has 4 rings (SSSR count). The number of likely N-dealkylation sites (tertiary alicyclic amines) is 1. The summed E-state index contributed by atoms with van der Waals surface area (Å²) in [5, 5.41) is 0. The highest BCUT2D eigenvalue weighted by molar-refractivity contribution is 6.15. The van der Waals surface area contributed by atoms with E-state index in [9.17, 15) is 9.59 Å². The molecular formula is C28H23NO2. The average molecular weight is 405 g/mol. The van der Waals surface area contributed by atoms with Gasteiger partial charge in [0.25, 0.3) is 0 Å². The highest BCUT2D eigenvalue weighted by Crippen LogP contribution is 2.22. The van der Waals surface area contributed by atoms with Crippen molar-refractivity contribution in [2.75, 3.05) is 13.1 Å². The summed E-state index contributed by atoms with van der Waals surface area (Å²) in [6.07, 6.45) is 7.13. The molecule has 0 aliphatic carbocycles. The molecular weight excluding hydrogens is 382 g/mol. The molecule has 0 atom stereocenters. The number of ketones is 1. The van der Waals surface area contributed by atoms with Crippen LogP contribution in [-0.2, 0) is 9.59 Å². The molecule has 3 aromatic rings. The molecule has 0 radical (unpaired) electrons. The van der Waals surface area contributed by atoms with Gasteiger partial charge in [-0.1, -0.05) is 91.0 Å². The Morgan fingerprint density at radius 1 is 0.645 bits per heavy atom. The van der Waals surface area contributed by atoms with Crippen molar-refractivity contribution in [3.05, 3.63) is 125 Å². The van der Waals surface area contributed by atoms with Crippen LogP contribution in [0.15, 0.2) is 108 Å². The Labute approximate surface area is 182 Å². The molecule has 3 heteroatoms. The van der Waals surface area contributed by atoms with Crippen LogP contribution in [-0.4, -0.2) is 29.7 Å². The molecule has 0 unspecified atom stereocenters. The molecule has 0 spiro atoms. The molecule has 1 fully saturated rings. The molecule has 0 N–H and O–H groups in total. The van der Waals surface area contributed by atoms with E-state index in [2.05, 4.69) is 0 Å². The number of Topliss-reactive ketones (excluding diaryl/α,β-unsaturated/α-hetero) is 1. The topological polar surface area (TPSA) is 37.4 Å². The third-order valence-electron chi connectivity index (χ3n) is 5.12. The minimum absolute atomic E-state index is 0.0104. The van der Waals surface area contributed by atoms with Crippen molar-refractivity contribution in [3.8, 4) is 0 Å². The summed E-state index contributed by atoms with van der Waals surface area (Å²) in [5.74, 6) is -0.127. The molecule has 0 aromatic heterocycles. The standard InChI is InChI=1S/C28H23NO2/c30-27(17-16-22-10-4-1-5-11-22)29-20-25(18-23-12-6-2-7-13-23)28(31)26(21-29)19-24-14-8-3-9-15-24/h1-19H,20-21H2/b17-16+,25-18-,26-19+. The first-order valence-electron chi connectivity index (χ1n) is 10.3. The summed E-state index contributed by atoms with van der Waals surface area (Å²) in [7, 11) is 0. The minimum Gasteiger partial charge on any atom is -0.330 e. The molecule has 152 valence electrons. The zero-order valence-corrected chi connectivity index (χ0v) is 17.1. The predicted octanol–water partition coefficient (Wildman–Crippen LogP) is 5.28. The lowest BCUT2D eigenvalue weighted by atomic mass is 9.94. The zero-order valence-electron chi connectivity index (χ0n) is 17.1. The van der Waals surface area contributed by atoms with Crippen molar-refractivity contribution in [1.29, 1.82) is 0 Å². The minimum atomic E-state index is -0.116. The Balaban J connectivity index is 1.64. The van der Waals surface area contributed by atoms with E-state index in [1.807, 2.05) is 103 Å². The number of rotatable bonds is 4. The van der Waals surface area contributed by atoms with Gasteiger partial charge >= 0.3 is 0 Å². The van der Waals surface area contributed by atoms with Crippen molar-refractivity contribution in [2.24, 2.45) is 0 Å². The van der Waals surface area contributed by atoms with Crippen molar-refractivity contribution >= 4 is 29.9 Å². The van der Waals surface area contributed by atoms with Crippen molar-refractivity contribution in [2.45, 2.75) is 0 Å². The predicted molar refractivity (Wildman–Crippen MR) is 126 cm³/mol. The van der Waals surface area contributed by atoms with Gasteiger partial charge in [-0.25, -0.2) is 0 Å². The van der Waals surface area contributed by atoms with Crippen LogP contribution in [0.3, 0.4) is 0 Å². The molecule has 1 saturated heterocycles. The summed E-state index contributed by atoms with van der Waals surface area (Å²) in [5.41, 5.74) is 4.07. The van der Waals surface area contributed by atoms with E-state index in [1.54, 1.807) is 17.1 Å². The van der Waals surface area contributed by atoms with E-state index in [0.717, 1.165) is 16.7 Å². The molecule has 3 nitrogen and oxygen atoms in total. The van der Waals surface area contributed by atoms with Crippen LogP contribution in [0.4, 0.5) is 0 Å². The lowest BCUT2D eigenvalue weighted by Crippen LogP contribution is -2.40. The number of nitrogens with zero attached hydrogens (tertiary/aromatic N) is 1. The third-order valence-corrected chi connectivity index (χ3v) is 5.12. The Bertz CT molecular complexity index is 1080. The van der Waals surface area contributed by atoms with Crippen molar-refractivity contribution in [1.82, 2.24) is 4.90 Å². The monoisotopic (exact) mass is 405 g/mol. The summed E-state index contributed by atoms with van der Waals surface area (Å²) < 4.78 is 0. The lowest BCUT2D eigenvalue weighted by molar-refractivity contribution is -0.126. The molecule has 0 bridgehead atoms. The van der Waals surface area contributed by atoms with E-state index < -0.39 is 0 Å². The second-order valence-electron chi connectivity index (χ2n) is 7.43. The van der Waals surface area contributed by atoms with Gasteiger partial charge in [0.15, 0.2) is 5.78 Å². The summed E-state index contributed by atoms with van der Waals surface area (Å²) in [6.45, 7) is 0.579. The Hall–Kier alpha value is -3.98. The van der Waals surface area contributed by atoms with Crippen LogP contribution in [0.5, 0.6) is 0 Å². The smallest absolute Gasteiger partial charge is 0.247 e. The van der Waals surface area contributed by atoms with Crippen LogP contribution < -0.4 is 0 Å². The molecule has 1 amide bonds. The van der Waals surface area contributed by atoms with E-state index in [-0.39, 0.29) is 24.8 Å². The Morgan fingerprint density at radius 3 is 1.52 bits per heavy atom. The van der Waals surface area contributed by atoms with Crippen molar-refractivity contribution in [3.63, 3.8) is 0 Å². The number of carbonyl (C=O) groups excluding carboxylic acids is 2. The van der Waals surface area contributed by atoms with E-state index in [0.29, 0.717) is 11.1 Å². The maximum atomic E-state index is 13.2. The molecule has 0 saturated carbocycles.